The summed E-state index contributed by atoms with van der Waals surface area (Å²) in [6.45, 7) is 2.81. The molecule has 0 saturated carbocycles. The molecule has 12 heavy (non-hydrogen) atoms. The lowest BCUT2D eigenvalue weighted by Gasteiger charge is -2.01. The Bertz CT molecular complexity index is 310. The number of nitrogens with one attached hydrogen (secondary N) is 2. The van der Waals surface area contributed by atoms with Crippen LogP contribution in [0.2, 0.25) is 5.02 Å². The zero-order valence-electron chi connectivity index (χ0n) is 6.72. The van der Waals surface area contributed by atoms with Crippen LogP contribution in [-0.2, 0) is 0 Å². The molecule has 5 heteroatoms. The molecule has 0 unspecified atom stereocenters. The zero-order valence-corrected chi connectivity index (χ0v) is 7.48. The molecule has 0 aliphatic rings. The number of hydrogen-bond acceptors (Lipinski definition) is 3. The van der Waals surface area contributed by atoms with E-state index in [4.69, 9.17) is 11.6 Å². The standard InChI is InChI=1S/C7H10ClN3O/c1-2-3-9-7-10-4-5(8)6(12)11-7/h4H,2-3H2,1H3,(H2,9,10,11,12). The van der Waals surface area contributed by atoms with Crippen molar-refractivity contribution in [3.8, 4) is 0 Å². The average molecular weight is 188 g/mol. The van der Waals surface area contributed by atoms with Gasteiger partial charge in [0, 0.05) is 6.54 Å². The molecule has 1 rings (SSSR count). The molecule has 0 aromatic carbocycles. The van der Waals surface area contributed by atoms with Crippen LogP contribution in [0.15, 0.2) is 11.0 Å². The van der Waals surface area contributed by atoms with Crippen molar-refractivity contribution >= 4 is 17.5 Å². The monoisotopic (exact) mass is 187 g/mol. The highest BCUT2D eigenvalue weighted by Gasteiger charge is 1.97. The largest absolute Gasteiger partial charge is 0.356 e. The molecule has 0 bridgehead atoms. The molecule has 0 fully saturated rings. The van der Waals surface area contributed by atoms with Gasteiger partial charge in [0.1, 0.15) is 5.02 Å². The molecule has 4 nitrogen and oxygen atoms in total. The maximum absolute atomic E-state index is 10.9. The summed E-state index contributed by atoms with van der Waals surface area (Å²) in [4.78, 5) is 17.3. The summed E-state index contributed by atoms with van der Waals surface area (Å²) >= 11 is 5.48. The van der Waals surface area contributed by atoms with E-state index >= 15 is 0 Å². The van der Waals surface area contributed by atoms with E-state index in [1.165, 1.54) is 6.20 Å². The maximum Gasteiger partial charge on any atom is 0.271 e. The second-order valence-corrected chi connectivity index (χ2v) is 2.74. The number of rotatable bonds is 3. The Labute approximate surface area is 75.0 Å². The highest BCUT2D eigenvalue weighted by molar-refractivity contribution is 6.30. The van der Waals surface area contributed by atoms with Gasteiger partial charge in [-0.2, -0.15) is 0 Å². The first-order chi connectivity index (χ1) is 5.74. The number of halogens is 1. The Morgan fingerprint density at radius 1 is 1.75 bits per heavy atom. The molecular weight excluding hydrogens is 178 g/mol. The fraction of sp³-hybridized carbons (Fsp3) is 0.429. The number of nitrogens with zero attached hydrogens (tertiary/aromatic N) is 1. The van der Waals surface area contributed by atoms with Gasteiger partial charge in [-0.15, -0.1) is 0 Å². The van der Waals surface area contributed by atoms with Gasteiger partial charge >= 0.3 is 0 Å². The summed E-state index contributed by atoms with van der Waals surface area (Å²) in [7, 11) is 0. The van der Waals surface area contributed by atoms with Gasteiger partial charge in [-0.25, -0.2) is 4.98 Å². The van der Waals surface area contributed by atoms with E-state index in [0.29, 0.717) is 5.95 Å². The van der Waals surface area contributed by atoms with Gasteiger partial charge in [0.2, 0.25) is 5.95 Å². The van der Waals surface area contributed by atoms with Crippen molar-refractivity contribution < 1.29 is 0 Å². The first kappa shape index (κ1) is 9.06. The number of H-pyrrole nitrogens is 1. The topological polar surface area (TPSA) is 57.8 Å². The highest BCUT2D eigenvalue weighted by Crippen LogP contribution is 1.99. The van der Waals surface area contributed by atoms with Gasteiger partial charge < -0.3 is 5.32 Å². The molecule has 0 spiro atoms. The van der Waals surface area contributed by atoms with Gasteiger partial charge in [0.25, 0.3) is 5.56 Å². The summed E-state index contributed by atoms with van der Waals surface area (Å²) in [5.41, 5.74) is -0.315. The summed E-state index contributed by atoms with van der Waals surface area (Å²) < 4.78 is 0. The smallest absolute Gasteiger partial charge is 0.271 e. The first-order valence-corrected chi connectivity index (χ1v) is 4.10. The number of aromatic nitrogens is 2. The molecule has 0 atom stereocenters. The minimum atomic E-state index is -0.315. The Morgan fingerprint density at radius 3 is 3.08 bits per heavy atom. The lowest BCUT2D eigenvalue weighted by atomic mass is 10.5. The molecule has 0 saturated heterocycles. The first-order valence-electron chi connectivity index (χ1n) is 3.72. The third-order valence-electron chi connectivity index (χ3n) is 1.30. The second kappa shape index (κ2) is 4.11. The van der Waals surface area contributed by atoms with Gasteiger partial charge in [0.05, 0.1) is 6.20 Å². The third kappa shape index (κ3) is 2.23. The molecule has 0 amide bonds. The lowest BCUT2D eigenvalue weighted by molar-refractivity contribution is 0.947. The Kier molecular flexibility index (Phi) is 3.10. The molecular formula is C7H10ClN3O. The van der Waals surface area contributed by atoms with Crippen molar-refractivity contribution in [1.82, 2.24) is 9.97 Å². The second-order valence-electron chi connectivity index (χ2n) is 2.34. The molecule has 0 aliphatic carbocycles. The van der Waals surface area contributed by atoms with Crippen molar-refractivity contribution in [2.24, 2.45) is 0 Å². The van der Waals surface area contributed by atoms with E-state index in [2.05, 4.69) is 15.3 Å². The fourth-order valence-corrected chi connectivity index (χ4v) is 0.809. The van der Waals surface area contributed by atoms with Crippen molar-refractivity contribution in [2.45, 2.75) is 13.3 Å². The lowest BCUT2D eigenvalue weighted by Crippen LogP contribution is -2.12. The van der Waals surface area contributed by atoms with Crippen LogP contribution in [0.1, 0.15) is 13.3 Å². The Morgan fingerprint density at radius 2 is 2.50 bits per heavy atom. The molecule has 1 aromatic heterocycles. The molecule has 66 valence electrons. The molecule has 1 aromatic rings. The highest BCUT2D eigenvalue weighted by atomic mass is 35.5. The van der Waals surface area contributed by atoms with Crippen LogP contribution in [0.3, 0.4) is 0 Å². The summed E-state index contributed by atoms with van der Waals surface area (Å²) in [5.74, 6) is 0.464. The van der Waals surface area contributed by atoms with Crippen molar-refractivity contribution in [3.05, 3.63) is 21.6 Å². The van der Waals surface area contributed by atoms with Crippen LogP contribution >= 0.6 is 11.6 Å². The Hall–Kier alpha value is -1.03. The van der Waals surface area contributed by atoms with E-state index in [1.807, 2.05) is 6.92 Å². The summed E-state index contributed by atoms with van der Waals surface area (Å²) in [6, 6.07) is 0. The van der Waals surface area contributed by atoms with Gasteiger partial charge in [-0.05, 0) is 6.42 Å². The van der Waals surface area contributed by atoms with Crippen molar-refractivity contribution in [3.63, 3.8) is 0 Å². The van der Waals surface area contributed by atoms with E-state index in [9.17, 15) is 4.79 Å². The summed E-state index contributed by atoms with van der Waals surface area (Å²) in [6.07, 6.45) is 2.31. The predicted molar refractivity (Wildman–Crippen MR) is 48.6 cm³/mol. The fourth-order valence-electron chi connectivity index (χ4n) is 0.713. The maximum atomic E-state index is 10.9. The van der Waals surface area contributed by atoms with Gasteiger partial charge in [0.15, 0.2) is 0 Å². The number of anilines is 1. The SMILES string of the molecule is CCCNc1ncc(Cl)c(=O)[nH]1. The average Bonchev–Trinajstić information content (AvgIpc) is 2.07. The molecule has 2 N–H and O–H groups in total. The van der Waals surface area contributed by atoms with Crippen LogP contribution in [0.5, 0.6) is 0 Å². The van der Waals surface area contributed by atoms with E-state index < -0.39 is 0 Å². The van der Waals surface area contributed by atoms with E-state index in [0.717, 1.165) is 13.0 Å². The number of aromatic amines is 1. The number of hydrogen-bond donors (Lipinski definition) is 2. The van der Waals surface area contributed by atoms with Gasteiger partial charge in [-0.1, -0.05) is 18.5 Å². The van der Waals surface area contributed by atoms with Gasteiger partial charge in [-0.3, -0.25) is 9.78 Å². The van der Waals surface area contributed by atoms with Crippen LogP contribution < -0.4 is 10.9 Å². The quantitative estimate of drug-likeness (QED) is 0.749. The molecule has 0 aliphatic heterocycles. The predicted octanol–water partition coefficient (Wildman–Crippen LogP) is 1.25. The Balaban J connectivity index is 2.76. The van der Waals surface area contributed by atoms with E-state index in [1.54, 1.807) is 0 Å². The normalized spacial score (nSPS) is 9.83. The molecule has 1 heterocycles. The van der Waals surface area contributed by atoms with Crippen molar-refractivity contribution in [2.75, 3.05) is 11.9 Å². The van der Waals surface area contributed by atoms with Crippen LogP contribution in [0.4, 0.5) is 5.95 Å². The zero-order chi connectivity index (χ0) is 8.97. The van der Waals surface area contributed by atoms with Crippen LogP contribution in [0.25, 0.3) is 0 Å². The van der Waals surface area contributed by atoms with Crippen LogP contribution in [0, 0.1) is 0 Å². The van der Waals surface area contributed by atoms with Crippen molar-refractivity contribution in [1.29, 1.82) is 0 Å². The van der Waals surface area contributed by atoms with E-state index in [-0.39, 0.29) is 10.6 Å². The molecule has 0 radical (unpaired) electrons. The van der Waals surface area contributed by atoms with Crippen LogP contribution in [-0.4, -0.2) is 16.5 Å². The summed E-state index contributed by atoms with van der Waals surface area (Å²) in [5, 5.41) is 3.05. The third-order valence-corrected chi connectivity index (χ3v) is 1.57. The minimum Gasteiger partial charge on any atom is -0.356 e. The minimum absolute atomic E-state index is 0.108.